The largest absolute Gasteiger partial charge is 0.307 e. The van der Waals surface area contributed by atoms with Gasteiger partial charge >= 0.3 is 0 Å². The summed E-state index contributed by atoms with van der Waals surface area (Å²) in [7, 11) is 0. The Morgan fingerprint density at radius 1 is 0.482 bits per heavy atom. The predicted octanol–water partition coefficient (Wildman–Crippen LogP) is 12.6. The van der Waals surface area contributed by atoms with E-state index in [2.05, 4.69) is 105 Å². The maximum atomic E-state index is 10.4. The van der Waals surface area contributed by atoms with E-state index in [0.717, 1.165) is 82.7 Å². The Balaban J connectivity index is 1.27. The molecule has 56 heavy (non-hydrogen) atoms. The summed E-state index contributed by atoms with van der Waals surface area (Å²) < 4.78 is 4.44. The Morgan fingerprint density at radius 3 is 1.77 bits per heavy atom. The number of hydrogen-bond acceptors (Lipinski definition) is 3. The van der Waals surface area contributed by atoms with Gasteiger partial charge in [-0.25, -0.2) is 9.83 Å². The van der Waals surface area contributed by atoms with Crippen LogP contribution in [0.3, 0.4) is 0 Å². The molecule has 0 amide bonds. The van der Waals surface area contributed by atoms with E-state index >= 15 is 0 Å². The summed E-state index contributed by atoms with van der Waals surface area (Å²) in [5, 5.41) is 24.5. The highest BCUT2D eigenvalue weighted by Gasteiger charge is 2.21. The van der Waals surface area contributed by atoms with Crippen molar-refractivity contribution in [2.75, 3.05) is 0 Å². The van der Waals surface area contributed by atoms with E-state index in [1.165, 1.54) is 0 Å². The van der Waals surface area contributed by atoms with Gasteiger partial charge in [-0.1, -0.05) is 109 Å². The molecule has 0 saturated heterocycles. The summed E-state index contributed by atoms with van der Waals surface area (Å²) >= 11 is 0. The summed E-state index contributed by atoms with van der Waals surface area (Å²) in [5.74, 6) is 0.713. The lowest BCUT2D eigenvalue weighted by Crippen LogP contribution is -2.04. The number of nitrogens with zero attached hydrogens (tertiary/aromatic N) is 6. The van der Waals surface area contributed by atoms with Gasteiger partial charge in [-0.15, -0.1) is 0 Å². The molecule has 0 fully saturated rings. The fourth-order valence-corrected chi connectivity index (χ4v) is 8.10. The van der Waals surface area contributed by atoms with Crippen molar-refractivity contribution in [3.8, 4) is 57.0 Å². The molecule has 10 rings (SSSR count). The van der Waals surface area contributed by atoms with E-state index in [1.54, 1.807) is 0 Å². The van der Waals surface area contributed by atoms with Crippen LogP contribution in [-0.2, 0) is 0 Å². The number of benzene rings is 7. The van der Waals surface area contributed by atoms with E-state index in [0.29, 0.717) is 22.6 Å². The quantitative estimate of drug-likeness (QED) is 0.167. The first kappa shape index (κ1) is 32.4. The van der Waals surface area contributed by atoms with E-state index in [4.69, 9.17) is 11.6 Å². The molecule has 3 aromatic heterocycles. The standard InChI is InChI=1S/C50H28N6/c1-53-38-14-9-13-34(25-38)36-21-23-43-41-17-5-7-19-46(41)56(48(43)27-36)50-28-44(39-15-3-2-11-37(39)30-52)49(31-54-50)55-45-18-6-4-16-40(45)42-22-20-35(26-47(42)55)33-12-8-10-32(24-33)29-51/h2-28,31H. The average Bonchev–Trinajstić information content (AvgIpc) is 3.78. The van der Waals surface area contributed by atoms with Gasteiger partial charge in [0.2, 0.25) is 0 Å². The van der Waals surface area contributed by atoms with Crippen LogP contribution in [0.5, 0.6) is 0 Å². The molecule has 258 valence electrons. The molecule has 0 aliphatic rings. The highest BCUT2D eigenvalue weighted by atomic mass is 15.1. The van der Waals surface area contributed by atoms with Gasteiger partial charge in [0.1, 0.15) is 5.82 Å². The minimum atomic E-state index is 0.560. The third-order valence-corrected chi connectivity index (χ3v) is 10.7. The average molecular weight is 713 g/mol. The molecule has 6 nitrogen and oxygen atoms in total. The van der Waals surface area contributed by atoms with Crippen LogP contribution in [0, 0.1) is 29.2 Å². The van der Waals surface area contributed by atoms with Crippen molar-refractivity contribution in [2.45, 2.75) is 0 Å². The van der Waals surface area contributed by atoms with Crippen molar-refractivity contribution in [3.63, 3.8) is 0 Å². The topological polar surface area (TPSA) is 74.7 Å². The Labute approximate surface area is 322 Å². The highest BCUT2D eigenvalue weighted by molar-refractivity contribution is 6.12. The summed E-state index contributed by atoms with van der Waals surface area (Å²) in [6.07, 6.45) is 1.93. The molecule has 0 radical (unpaired) electrons. The fraction of sp³-hybridized carbons (Fsp3) is 0. The number of hydrogen-bond donors (Lipinski definition) is 0. The van der Waals surface area contributed by atoms with Crippen LogP contribution in [0.15, 0.2) is 170 Å². The first-order valence-corrected chi connectivity index (χ1v) is 18.2. The zero-order valence-corrected chi connectivity index (χ0v) is 29.8. The minimum Gasteiger partial charge on any atom is -0.307 e. The number of nitriles is 2. The van der Waals surface area contributed by atoms with Crippen LogP contribution < -0.4 is 0 Å². The van der Waals surface area contributed by atoms with E-state index < -0.39 is 0 Å². The molecule has 7 aromatic carbocycles. The maximum Gasteiger partial charge on any atom is 0.187 e. The molecule has 0 N–H and O–H groups in total. The number of fused-ring (bicyclic) bond motifs is 6. The molecule has 0 unspecified atom stereocenters. The molecule has 10 aromatic rings. The molecule has 0 spiro atoms. The molecular weight excluding hydrogens is 685 g/mol. The zero-order valence-electron chi connectivity index (χ0n) is 29.8. The number of aromatic nitrogens is 3. The molecule has 0 bridgehead atoms. The third kappa shape index (κ3) is 5.12. The zero-order chi connectivity index (χ0) is 37.8. The van der Waals surface area contributed by atoms with Crippen molar-refractivity contribution < 1.29 is 0 Å². The van der Waals surface area contributed by atoms with Gasteiger partial charge in [-0.05, 0) is 76.9 Å². The summed E-state index contributed by atoms with van der Waals surface area (Å²) in [5.41, 5.74) is 12.2. The summed E-state index contributed by atoms with van der Waals surface area (Å²) in [6.45, 7) is 7.58. The van der Waals surface area contributed by atoms with Crippen molar-refractivity contribution in [2.24, 2.45) is 0 Å². The van der Waals surface area contributed by atoms with Crippen LogP contribution in [0.25, 0.3) is 93.3 Å². The first-order chi connectivity index (χ1) is 27.6. The summed E-state index contributed by atoms with van der Waals surface area (Å²) in [6, 6.07) is 59.5. The highest BCUT2D eigenvalue weighted by Crippen LogP contribution is 2.41. The molecule has 0 aliphatic carbocycles. The molecule has 0 aliphatic heterocycles. The van der Waals surface area contributed by atoms with Gasteiger partial charge in [0.05, 0.1) is 63.8 Å². The number of rotatable bonds is 5. The van der Waals surface area contributed by atoms with Gasteiger partial charge < -0.3 is 4.57 Å². The normalized spacial score (nSPS) is 11.2. The van der Waals surface area contributed by atoms with E-state index in [9.17, 15) is 10.5 Å². The fourth-order valence-electron chi connectivity index (χ4n) is 8.10. The van der Waals surface area contributed by atoms with Crippen molar-refractivity contribution >= 4 is 49.3 Å². The third-order valence-electron chi connectivity index (χ3n) is 10.7. The number of pyridine rings is 1. The van der Waals surface area contributed by atoms with Gasteiger partial charge in [-0.2, -0.15) is 10.5 Å². The monoisotopic (exact) mass is 712 g/mol. The lowest BCUT2D eigenvalue weighted by atomic mass is 9.99. The molecule has 3 heterocycles. The van der Waals surface area contributed by atoms with Crippen LogP contribution >= 0.6 is 0 Å². The second kappa shape index (κ2) is 13.0. The van der Waals surface area contributed by atoms with Crippen molar-refractivity contribution in [1.29, 1.82) is 10.5 Å². The lowest BCUT2D eigenvalue weighted by molar-refractivity contribution is 1.06. The number of para-hydroxylation sites is 2. The Kier molecular flexibility index (Phi) is 7.53. The molecule has 0 atom stereocenters. The van der Waals surface area contributed by atoms with Gasteiger partial charge in [0.25, 0.3) is 0 Å². The van der Waals surface area contributed by atoms with Crippen LogP contribution in [0.2, 0.25) is 0 Å². The van der Waals surface area contributed by atoms with Gasteiger partial charge in [-0.3, -0.25) is 4.57 Å². The first-order valence-electron chi connectivity index (χ1n) is 18.2. The van der Waals surface area contributed by atoms with Gasteiger partial charge in [0.15, 0.2) is 5.69 Å². The van der Waals surface area contributed by atoms with E-state index in [1.807, 2.05) is 91.1 Å². The maximum absolute atomic E-state index is 10.4. The Morgan fingerprint density at radius 2 is 1.07 bits per heavy atom. The smallest absolute Gasteiger partial charge is 0.187 e. The molecule has 6 heteroatoms. The lowest BCUT2D eigenvalue weighted by Gasteiger charge is -2.17. The van der Waals surface area contributed by atoms with Crippen LogP contribution in [0.4, 0.5) is 5.69 Å². The summed E-state index contributed by atoms with van der Waals surface area (Å²) in [4.78, 5) is 8.91. The second-order valence-corrected chi connectivity index (χ2v) is 13.7. The predicted molar refractivity (Wildman–Crippen MR) is 225 cm³/mol. The van der Waals surface area contributed by atoms with Crippen LogP contribution in [0.1, 0.15) is 11.1 Å². The second-order valence-electron chi connectivity index (χ2n) is 13.7. The molecular formula is C50H28N6. The Hall–Kier alpha value is -8.24. The van der Waals surface area contributed by atoms with Gasteiger partial charge in [0, 0.05) is 32.7 Å². The van der Waals surface area contributed by atoms with Crippen molar-refractivity contribution in [1.82, 2.24) is 14.1 Å². The van der Waals surface area contributed by atoms with Crippen LogP contribution in [-0.4, -0.2) is 14.1 Å². The minimum absolute atomic E-state index is 0.560. The Bertz CT molecular complexity index is 3360. The van der Waals surface area contributed by atoms with E-state index in [-0.39, 0.29) is 0 Å². The SMILES string of the molecule is [C-]#[N+]c1cccc(-c2ccc3c4ccccc4n(-c4cc(-c5ccccc5C#N)c(-n5c6ccccc6c6ccc(-c7cccc(C#N)c7)cc65)cn4)c3c2)c1. The molecule has 0 saturated carbocycles. The van der Waals surface area contributed by atoms with Crippen molar-refractivity contribution in [3.05, 3.63) is 193 Å².